The zero-order valence-corrected chi connectivity index (χ0v) is 9.77. The summed E-state index contributed by atoms with van der Waals surface area (Å²) in [6.07, 6.45) is -0.140. The molecule has 0 radical (unpaired) electrons. The van der Waals surface area contributed by atoms with E-state index < -0.39 is 17.4 Å². The Bertz CT molecular complexity index is 313. The molecule has 1 aliphatic carbocycles. The molecule has 0 unspecified atom stereocenters. The Morgan fingerprint density at radius 1 is 1.31 bits per heavy atom. The van der Waals surface area contributed by atoms with Gasteiger partial charge in [0.1, 0.15) is 0 Å². The Labute approximate surface area is 94.4 Å². The Morgan fingerprint density at radius 3 is 2.50 bits per heavy atom. The summed E-state index contributed by atoms with van der Waals surface area (Å²) in [5.41, 5.74) is -1.68. The van der Waals surface area contributed by atoms with E-state index in [0.717, 1.165) is 0 Å². The summed E-state index contributed by atoms with van der Waals surface area (Å²) in [5, 5.41) is 19.0. The van der Waals surface area contributed by atoms with Crippen LogP contribution in [0.3, 0.4) is 0 Å². The number of aliphatic carboxylic acids is 1. The fourth-order valence-electron chi connectivity index (χ4n) is 2.74. The van der Waals surface area contributed by atoms with Crippen molar-refractivity contribution >= 4 is 5.97 Å². The molecule has 0 aromatic rings. The van der Waals surface area contributed by atoms with Gasteiger partial charge in [0.15, 0.2) is 11.4 Å². The van der Waals surface area contributed by atoms with Gasteiger partial charge in [0.25, 0.3) is 0 Å². The van der Waals surface area contributed by atoms with Gasteiger partial charge in [0.05, 0.1) is 12.2 Å². The summed E-state index contributed by atoms with van der Waals surface area (Å²) >= 11 is 0. The van der Waals surface area contributed by atoms with Crippen molar-refractivity contribution in [2.45, 2.75) is 57.2 Å². The van der Waals surface area contributed by atoms with Crippen LogP contribution in [-0.2, 0) is 14.3 Å². The topological polar surface area (TPSA) is 76.0 Å². The summed E-state index contributed by atoms with van der Waals surface area (Å²) < 4.78 is 11.3. The average Bonchev–Trinajstić information content (AvgIpc) is 2.39. The molecule has 92 valence electrons. The monoisotopic (exact) mass is 230 g/mol. The first-order chi connectivity index (χ1) is 7.23. The molecule has 16 heavy (non-hydrogen) atoms. The molecule has 2 rings (SSSR count). The minimum atomic E-state index is -1.68. The normalized spacial score (nSPS) is 46.4. The first kappa shape index (κ1) is 11.8. The Morgan fingerprint density at radius 2 is 1.94 bits per heavy atom. The molecule has 5 heteroatoms. The number of carboxylic acids is 1. The number of carbonyl (C=O) groups is 1. The quantitative estimate of drug-likeness (QED) is 0.695. The molecule has 1 aliphatic heterocycles. The minimum Gasteiger partial charge on any atom is -0.479 e. The highest BCUT2D eigenvalue weighted by atomic mass is 16.8. The molecule has 0 aromatic heterocycles. The molecule has 0 aromatic carbocycles. The molecule has 0 bridgehead atoms. The minimum absolute atomic E-state index is 0.0263. The predicted octanol–water partition coefficient (Wildman–Crippen LogP) is 0.752. The first-order valence-electron chi connectivity index (χ1n) is 5.55. The molecule has 2 fully saturated rings. The van der Waals surface area contributed by atoms with E-state index in [9.17, 15) is 9.90 Å². The fraction of sp³-hybridized carbons (Fsp3) is 0.909. The highest BCUT2D eigenvalue weighted by Crippen LogP contribution is 2.43. The zero-order chi connectivity index (χ0) is 12.1. The fourth-order valence-corrected chi connectivity index (χ4v) is 2.74. The number of ether oxygens (including phenoxy) is 2. The average molecular weight is 230 g/mol. The van der Waals surface area contributed by atoms with Crippen LogP contribution in [0.1, 0.15) is 33.6 Å². The van der Waals surface area contributed by atoms with Crippen LogP contribution in [0.25, 0.3) is 0 Å². The standard InChI is InChI=1S/C11H18O5/c1-6-4-11(14,9(12)13)5-7-8(6)16-10(2,3)15-7/h6-8,14H,4-5H2,1-3H3,(H,12,13)/t6-,7-,8+,11-/m1/s1. The van der Waals surface area contributed by atoms with Gasteiger partial charge in [0, 0.05) is 6.42 Å². The van der Waals surface area contributed by atoms with Gasteiger partial charge in [-0.3, -0.25) is 0 Å². The van der Waals surface area contributed by atoms with Gasteiger partial charge < -0.3 is 19.7 Å². The van der Waals surface area contributed by atoms with E-state index in [2.05, 4.69) is 0 Å². The molecular weight excluding hydrogens is 212 g/mol. The first-order valence-corrected chi connectivity index (χ1v) is 5.55. The van der Waals surface area contributed by atoms with Crippen molar-refractivity contribution in [2.24, 2.45) is 5.92 Å². The van der Waals surface area contributed by atoms with Crippen LogP contribution in [-0.4, -0.2) is 39.8 Å². The lowest BCUT2D eigenvalue weighted by molar-refractivity contribution is -0.170. The van der Waals surface area contributed by atoms with Crippen molar-refractivity contribution in [2.75, 3.05) is 0 Å². The lowest BCUT2D eigenvalue weighted by atomic mass is 9.75. The third-order valence-electron chi connectivity index (χ3n) is 3.38. The third kappa shape index (κ3) is 1.83. The maximum absolute atomic E-state index is 11.0. The van der Waals surface area contributed by atoms with Gasteiger partial charge in [-0.1, -0.05) is 6.92 Å². The van der Waals surface area contributed by atoms with Crippen molar-refractivity contribution in [1.29, 1.82) is 0 Å². The molecule has 0 spiro atoms. The number of hydrogen-bond acceptors (Lipinski definition) is 4. The molecule has 1 saturated heterocycles. The van der Waals surface area contributed by atoms with Crippen molar-refractivity contribution < 1.29 is 24.5 Å². The molecule has 0 amide bonds. The highest BCUT2D eigenvalue weighted by Gasteiger charge is 2.54. The number of rotatable bonds is 1. The molecular formula is C11H18O5. The van der Waals surface area contributed by atoms with Crippen molar-refractivity contribution in [3.63, 3.8) is 0 Å². The van der Waals surface area contributed by atoms with Crippen LogP contribution in [0.15, 0.2) is 0 Å². The van der Waals surface area contributed by atoms with E-state index >= 15 is 0 Å². The second-order valence-electron chi connectivity index (χ2n) is 5.36. The van der Waals surface area contributed by atoms with Gasteiger partial charge >= 0.3 is 5.97 Å². The lowest BCUT2D eigenvalue weighted by Crippen LogP contribution is -2.52. The van der Waals surface area contributed by atoms with Gasteiger partial charge in [0.2, 0.25) is 0 Å². The molecule has 5 nitrogen and oxygen atoms in total. The highest BCUT2D eigenvalue weighted by molar-refractivity contribution is 5.77. The maximum atomic E-state index is 11.0. The Balaban J connectivity index is 2.19. The van der Waals surface area contributed by atoms with E-state index in [1.54, 1.807) is 13.8 Å². The number of fused-ring (bicyclic) bond motifs is 1. The van der Waals surface area contributed by atoms with Gasteiger partial charge in [-0.15, -0.1) is 0 Å². The molecule has 2 N–H and O–H groups in total. The van der Waals surface area contributed by atoms with Crippen LogP contribution in [0.4, 0.5) is 0 Å². The molecule has 4 atom stereocenters. The van der Waals surface area contributed by atoms with Gasteiger partial charge in [-0.2, -0.15) is 0 Å². The van der Waals surface area contributed by atoms with E-state index in [4.69, 9.17) is 14.6 Å². The van der Waals surface area contributed by atoms with E-state index in [1.165, 1.54) is 0 Å². The largest absolute Gasteiger partial charge is 0.479 e. The zero-order valence-electron chi connectivity index (χ0n) is 9.77. The van der Waals surface area contributed by atoms with E-state index in [0.29, 0.717) is 0 Å². The summed E-state index contributed by atoms with van der Waals surface area (Å²) in [6.45, 7) is 5.49. The molecule has 2 aliphatic rings. The number of carboxylic acid groups (broad SMARTS) is 1. The molecule has 1 saturated carbocycles. The van der Waals surface area contributed by atoms with Crippen LogP contribution >= 0.6 is 0 Å². The number of hydrogen-bond donors (Lipinski definition) is 2. The van der Waals surface area contributed by atoms with Gasteiger partial charge in [-0.25, -0.2) is 4.79 Å². The number of aliphatic hydroxyl groups is 1. The summed E-state index contributed by atoms with van der Waals surface area (Å²) in [6, 6.07) is 0. The third-order valence-corrected chi connectivity index (χ3v) is 3.38. The van der Waals surface area contributed by atoms with Crippen LogP contribution in [0.5, 0.6) is 0 Å². The van der Waals surface area contributed by atoms with Crippen molar-refractivity contribution in [3.8, 4) is 0 Å². The van der Waals surface area contributed by atoms with Crippen LogP contribution in [0, 0.1) is 5.92 Å². The van der Waals surface area contributed by atoms with E-state index in [-0.39, 0.29) is 31.0 Å². The van der Waals surface area contributed by atoms with Crippen molar-refractivity contribution in [3.05, 3.63) is 0 Å². The Kier molecular flexibility index (Phi) is 2.53. The SMILES string of the molecule is C[C@@H]1C[C@](O)(C(=O)O)C[C@H]2OC(C)(C)O[C@@H]12. The lowest BCUT2D eigenvalue weighted by Gasteiger charge is -2.37. The second kappa shape index (κ2) is 3.42. The van der Waals surface area contributed by atoms with Gasteiger partial charge in [-0.05, 0) is 26.2 Å². The van der Waals surface area contributed by atoms with Crippen molar-refractivity contribution in [1.82, 2.24) is 0 Å². The maximum Gasteiger partial charge on any atom is 0.335 e. The van der Waals surface area contributed by atoms with Crippen LogP contribution in [0.2, 0.25) is 0 Å². The summed E-state index contributed by atoms with van der Waals surface area (Å²) in [4.78, 5) is 11.0. The second-order valence-corrected chi connectivity index (χ2v) is 5.36. The summed E-state index contributed by atoms with van der Waals surface area (Å²) in [5.74, 6) is -1.89. The van der Waals surface area contributed by atoms with Crippen LogP contribution < -0.4 is 0 Å². The summed E-state index contributed by atoms with van der Waals surface area (Å²) in [7, 11) is 0. The smallest absolute Gasteiger partial charge is 0.335 e. The molecule has 1 heterocycles. The predicted molar refractivity (Wildman–Crippen MR) is 54.8 cm³/mol. The Hall–Kier alpha value is -0.650. The van der Waals surface area contributed by atoms with E-state index in [1.807, 2.05) is 6.92 Å².